The number of nitrogens with one attached hydrogen (secondary N) is 1. The minimum Gasteiger partial charge on any atom is -0.427 e. The largest absolute Gasteiger partial charge is 0.427 e. The van der Waals surface area contributed by atoms with E-state index < -0.39 is 5.97 Å². The van der Waals surface area contributed by atoms with E-state index in [2.05, 4.69) is 21.2 Å². The minimum absolute atomic E-state index is 0.0709. The zero-order valence-electron chi connectivity index (χ0n) is 14.3. The van der Waals surface area contributed by atoms with Crippen molar-refractivity contribution >= 4 is 45.1 Å². The van der Waals surface area contributed by atoms with Crippen molar-refractivity contribution in [1.29, 1.82) is 0 Å². The average molecular weight is 417 g/mol. The van der Waals surface area contributed by atoms with Crippen molar-refractivity contribution in [3.8, 4) is 5.75 Å². The Hall–Kier alpha value is -2.67. The highest BCUT2D eigenvalue weighted by Gasteiger charge is 2.26. The number of amides is 2. The molecule has 0 bridgehead atoms. The number of esters is 1. The molecule has 2 amide bonds. The van der Waals surface area contributed by atoms with E-state index in [4.69, 9.17) is 4.74 Å². The second-order valence-electron chi connectivity index (χ2n) is 5.96. The molecule has 0 aliphatic carbocycles. The van der Waals surface area contributed by atoms with Crippen molar-refractivity contribution in [1.82, 2.24) is 0 Å². The van der Waals surface area contributed by atoms with Gasteiger partial charge in [0.25, 0.3) is 5.91 Å². The first kappa shape index (κ1) is 18.1. The second-order valence-corrected chi connectivity index (χ2v) is 6.87. The Morgan fingerprint density at radius 2 is 1.92 bits per heavy atom. The highest BCUT2D eigenvalue weighted by Crippen LogP contribution is 2.38. The summed E-state index contributed by atoms with van der Waals surface area (Å²) in [6, 6.07) is 10.1. The van der Waals surface area contributed by atoms with E-state index in [-0.39, 0.29) is 11.8 Å². The molecular formula is C19H17BrN2O4. The summed E-state index contributed by atoms with van der Waals surface area (Å²) in [4.78, 5) is 37.3. The van der Waals surface area contributed by atoms with Crippen LogP contribution in [-0.4, -0.2) is 24.3 Å². The molecule has 0 unspecified atom stereocenters. The van der Waals surface area contributed by atoms with Crippen LogP contribution in [0.2, 0.25) is 0 Å². The van der Waals surface area contributed by atoms with Crippen molar-refractivity contribution < 1.29 is 19.1 Å². The molecule has 0 spiro atoms. The number of ether oxygens (including phenoxy) is 1. The Morgan fingerprint density at radius 3 is 2.62 bits per heavy atom. The van der Waals surface area contributed by atoms with E-state index in [9.17, 15) is 14.4 Å². The molecule has 0 saturated heterocycles. The van der Waals surface area contributed by atoms with E-state index in [0.717, 1.165) is 22.1 Å². The van der Waals surface area contributed by atoms with Crippen LogP contribution in [0.4, 0.5) is 11.4 Å². The summed E-state index contributed by atoms with van der Waals surface area (Å²) < 4.78 is 5.84. The zero-order chi connectivity index (χ0) is 18.8. The summed E-state index contributed by atoms with van der Waals surface area (Å²) in [5.74, 6) is -0.576. The summed E-state index contributed by atoms with van der Waals surface area (Å²) in [5.41, 5.74) is 2.64. The summed E-state index contributed by atoms with van der Waals surface area (Å²) in [6.45, 7) is 3.39. The van der Waals surface area contributed by atoms with Gasteiger partial charge in [-0.1, -0.05) is 22.0 Å². The van der Waals surface area contributed by atoms with Crippen LogP contribution in [0.3, 0.4) is 0 Å². The lowest BCUT2D eigenvalue weighted by Gasteiger charge is -2.19. The van der Waals surface area contributed by atoms with Gasteiger partial charge >= 0.3 is 5.97 Å². The second kappa shape index (κ2) is 7.29. The first-order valence-corrected chi connectivity index (χ1v) is 8.85. The first-order valence-electron chi connectivity index (χ1n) is 8.05. The molecule has 0 radical (unpaired) electrons. The third-order valence-electron chi connectivity index (χ3n) is 4.01. The maximum absolute atomic E-state index is 12.7. The van der Waals surface area contributed by atoms with Crippen molar-refractivity contribution in [2.24, 2.45) is 0 Å². The first-order chi connectivity index (χ1) is 12.3. The Labute approximate surface area is 159 Å². The highest BCUT2D eigenvalue weighted by molar-refractivity contribution is 9.10. The Balaban J connectivity index is 1.91. The van der Waals surface area contributed by atoms with E-state index in [0.29, 0.717) is 23.5 Å². The monoisotopic (exact) mass is 416 g/mol. The molecule has 3 rings (SSSR count). The Bertz CT molecular complexity index is 910. The van der Waals surface area contributed by atoms with Gasteiger partial charge < -0.3 is 15.0 Å². The average Bonchev–Trinajstić information content (AvgIpc) is 2.98. The maximum atomic E-state index is 12.7. The van der Waals surface area contributed by atoms with Gasteiger partial charge in [0.2, 0.25) is 5.91 Å². The molecule has 0 aromatic heterocycles. The molecule has 26 heavy (non-hydrogen) atoms. The predicted molar refractivity (Wildman–Crippen MR) is 102 cm³/mol. The van der Waals surface area contributed by atoms with Crippen LogP contribution in [-0.2, 0) is 16.0 Å². The number of benzene rings is 2. The molecule has 1 heterocycles. The molecule has 0 fully saturated rings. The number of fused-ring (bicyclic) bond motifs is 1. The summed E-state index contributed by atoms with van der Waals surface area (Å²) in [5, 5.41) is 2.86. The minimum atomic E-state index is -0.454. The van der Waals surface area contributed by atoms with E-state index in [1.165, 1.54) is 19.9 Å². The van der Waals surface area contributed by atoms with E-state index in [1.54, 1.807) is 29.2 Å². The van der Waals surface area contributed by atoms with Gasteiger partial charge in [0.15, 0.2) is 0 Å². The van der Waals surface area contributed by atoms with Crippen molar-refractivity contribution in [3.05, 3.63) is 52.0 Å². The van der Waals surface area contributed by atoms with Crippen molar-refractivity contribution in [2.45, 2.75) is 20.3 Å². The molecule has 7 heteroatoms. The third kappa shape index (κ3) is 3.77. The number of anilines is 2. The molecule has 1 aliphatic heterocycles. The molecule has 1 N–H and O–H groups in total. The molecule has 2 aromatic carbocycles. The molecule has 6 nitrogen and oxygen atoms in total. The van der Waals surface area contributed by atoms with Crippen LogP contribution in [0.25, 0.3) is 0 Å². The number of hydrogen-bond donors (Lipinski definition) is 1. The molecule has 1 aliphatic rings. The Kier molecular flexibility index (Phi) is 5.08. The standard InChI is InChI=1S/C19H17BrN2O4/c1-11(23)22-7-6-13-8-15(20)10-17(18(13)22)21-19(25)14-4-3-5-16(9-14)26-12(2)24/h3-5,8-10H,6-7H2,1-2H3,(H,21,25). The number of carbonyl (C=O) groups is 3. The fourth-order valence-corrected chi connectivity index (χ4v) is 3.49. The number of nitrogens with zero attached hydrogens (tertiary/aromatic N) is 1. The topological polar surface area (TPSA) is 75.7 Å². The van der Waals surface area contributed by atoms with Gasteiger partial charge in [0.05, 0.1) is 11.4 Å². The van der Waals surface area contributed by atoms with Gasteiger partial charge in [-0.05, 0) is 42.3 Å². The van der Waals surface area contributed by atoms with Crippen LogP contribution in [0, 0.1) is 0 Å². The molecule has 2 aromatic rings. The smallest absolute Gasteiger partial charge is 0.308 e. The molecule has 134 valence electrons. The third-order valence-corrected chi connectivity index (χ3v) is 4.47. The molecule has 0 saturated carbocycles. The Morgan fingerprint density at radius 1 is 1.15 bits per heavy atom. The van der Waals surface area contributed by atoms with E-state index in [1.807, 2.05) is 6.07 Å². The SMILES string of the molecule is CC(=O)Oc1cccc(C(=O)Nc2cc(Br)cc3c2N(C(C)=O)CC3)c1. The molecule has 0 atom stereocenters. The fraction of sp³-hybridized carbons (Fsp3) is 0.211. The normalized spacial score (nSPS) is 12.5. The van der Waals surface area contributed by atoms with Crippen molar-refractivity contribution in [2.75, 3.05) is 16.8 Å². The lowest BCUT2D eigenvalue weighted by molar-refractivity contribution is -0.131. The van der Waals surface area contributed by atoms with Crippen LogP contribution >= 0.6 is 15.9 Å². The number of rotatable bonds is 3. The summed E-state index contributed by atoms with van der Waals surface area (Å²) in [6.07, 6.45) is 0.735. The summed E-state index contributed by atoms with van der Waals surface area (Å²) >= 11 is 3.45. The van der Waals surface area contributed by atoms with Gasteiger partial charge in [-0.3, -0.25) is 14.4 Å². The van der Waals surface area contributed by atoms with Gasteiger partial charge in [-0.2, -0.15) is 0 Å². The maximum Gasteiger partial charge on any atom is 0.308 e. The van der Waals surface area contributed by atoms with Crippen LogP contribution in [0.15, 0.2) is 40.9 Å². The van der Waals surface area contributed by atoms with Gasteiger partial charge in [-0.15, -0.1) is 0 Å². The van der Waals surface area contributed by atoms with E-state index >= 15 is 0 Å². The van der Waals surface area contributed by atoms with Crippen LogP contribution in [0.1, 0.15) is 29.8 Å². The van der Waals surface area contributed by atoms with Crippen molar-refractivity contribution in [3.63, 3.8) is 0 Å². The number of halogens is 1. The fourth-order valence-electron chi connectivity index (χ4n) is 2.98. The van der Waals surface area contributed by atoms with Gasteiger partial charge in [-0.25, -0.2) is 0 Å². The lowest BCUT2D eigenvalue weighted by atomic mass is 10.1. The quantitative estimate of drug-likeness (QED) is 0.613. The van der Waals surface area contributed by atoms with Crippen LogP contribution < -0.4 is 15.0 Å². The van der Waals surface area contributed by atoms with Gasteiger partial charge in [0.1, 0.15) is 5.75 Å². The van der Waals surface area contributed by atoms with Gasteiger partial charge in [0, 0.05) is 30.4 Å². The lowest BCUT2D eigenvalue weighted by Crippen LogP contribution is -2.27. The number of hydrogen-bond acceptors (Lipinski definition) is 4. The highest BCUT2D eigenvalue weighted by atomic mass is 79.9. The zero-order valence-corrected chi connectivity index (χ0v) is 15.9. The summed E-state index contributed by atoms with van der Waals surface area (Å²) in [7, 11) is 0. The number of carbonyl (C=O) groups excluding carboxylic acids is 3. The predicted octanol–water partition coefficient (Wildman–Crippen LogP) is 3.54. The van der Waals surface area contributed by atoms with Crippen LogP contribution in [0.5, 0.6) is 5.75 Å². The molecular weight excluding hydrogens is 400 g/mol.